The van der Waals surface area contributed by atoms with Crippen molar-refractivity contribution < 1.29 is 4.39 Å². The summed E-state index contributed by atoms with van der Waals surface area (Å²) >= 11 is 6.03. The first-order valence-corrected chi connectivity index (χ1v) is 7.39. The van der Waals surface area contributed by atoms with Gasteiger partial charge in [-0.25, -0.2) is 14.1 Å². The van der Waals surface area contributed by atoms with Crippen LogP contribution in [0.3, 0.4) is 0 Å². The summed E-state index contributed by atoms with van der Waals surface area (Å²) in [5.41, 5.74) is 7.02. The minimum absolute atomic E-state index is 0.136. The number of aromatic nitrogens is 3. The fourth-order valence-corrected chi connectivity index (χ4v) is 2.47. The predicted octanol–water partition coefficient (Wildman–Crippen LogP) is 2.84. The average Bonchev–Trinajstić information content (AvgIpc) is 2.79. The van der Waals surface area contributed by atoms with E-state index in [1.807, 2.05) is 4.68 Å². The number of hydrogen-bond donors (Lipinski definition) is 1. The molecule has 1 aromatic heterocycles. The Balaban J connectivity index is 2.01. The van der Waals surface area contributed by atoms with Crippen molar-refractivity contribution in [3.8, 4) is 0 Å². The van der Waals surface area contributed by atoms with E-state index in [1.165, 1.54) is 12.1 Å². The first kappa shape index (κ1) is 15.9. The van der Waals surface area contributed by atoms with E-state index in [0.29, 0.717) is 23.8 Å². The lowest BCUT2D eigenvalue weighted by molar-refractivity contribution is 0.457. The maximum atomic E-state index is 13.0. The SMILES string of the molecule is CC(C)Cn1ncnc1CC(N)Cc1ccc(F)cc1Cl. The molecule has 0 saturated carbocycles. The maximum absolute atomic E-state index is 13.0. The zero-order valence-electron chi connectivity index (χ0n) is 12.3. The Bertz CT molecular complexity index is 597. The highest BCUT2D eigenvalue weighted by molar-refractivity contribution is 6.31. The molecular weight excluding hydrogens is 291 g/mol. The third-order valence-corrected chi connectivity index (χ3v) is 3.53. The Morgan fingerprint density at radius 2 is 2.10 bits per heavy atom. The molecule has 0 radical (unpaired) electrons. The Morgan fingerprint density at radius 1 is 1.33 bits per heavy atom. The standard InChI is InChI=1S/C15H20ClFN4/c1-10(2)8-21-15(19-9-20-21)7-13(18)5-11-3-4-12(17)6-14(11)16/h3-4,6,9-10,13H,5,7-8,18H2,1-2H3. The highest BCUT2D eigenvalue weighted by Crippen LogP contribution is 2.19. The zero-order chi connectivity index (χ0) is 15.4. The van der Waals surface area contributed by atoms with Crippen molar-refractivity contribution in [1.29, 1.82) is 0 Å². The quantitative estimate of drug-likeness (QED) is 0.892. The van der Waals surface area contributed by atoms with E-state index in [4.69, 9.17) is 17.3 Å². The van der Waals surface area contributed by atoms with Gasteiger partial charge >= 0.3 is 0 Å². The van der Waals surface area contributed by atoms with Gasteiger partial charge in [0.1, 0.15) is 18.0 Å². The van der Waals surface area contributed by atoms with Gasteiger partial charge in [-0.3, -0.25) is 0 Å². The largest absolute Gasteiger partial charge is 0.327 e. The number of nitrogens with zero attached hydrogens (tertiary/aromatic N) is 3. The van der Waals surface area contributed by atoms with Crippen LogP contribution in [-0.4, -0.2) is 20.8 Å². The van der Waals surface area contributed by atoms with Crippen LogP contribution in [0.25, 0.3) is 0 Å². The Hall–Kier alpha value is -1.46. The normalized spacial score (nSPS) is 12.9. The third kappa shape index (κ3) is 4.51. The second kappa shape index (κ2) is 7.00. The first-order valence-electron chi connectivity index (χ1n) is 7.02. The Kier molecular flexibility index (Phi) is 5.31. The molecule has 0 aliphatic carbocycles. The molecular formula is C15H20ClFN4. The number of hydrogen-bond acceptors (Lipinski definition) is 3. The molecule has 1 atom stereocenters. The van der Waals surface area contributed by atoms with Crippen molar-refractivity contribution in [1.82, 2.24) is 14.8 Å². The molecule has 6 heteroatoms. The number of halogens is 2. The lowest BCUT2D eigenvalue weighted by Gasteiger charge is -2.14. The summed E-state index contributed by atoms with van der Waals surface area (Å²) in [4.78, 5) is 4.27. The van der Waals surface area contributed by atoms with Gasteiger partial charge in [-0.05, 0) is 30.0 Å². The molecule has 1 heterocycles. The van der Waals surface area contributed by atoms with Crippen molar-refractivity contribution in [2.75, 3.05) is 0 Å². The molecule has 21 heavy (non-hydrogen) atoms. The highest BCUT2D eigenvalue weighted by Gasteiger charge is 2.13. The Labute approximate surface area is 129 Å². The molecule has 2 aromatic rings. The number of nitrogens with two attached hydrogens (primary N) is 1. The monoisotopic (exact) mass is 310 g/mol. The lowest BCUT2D eigenvalue weighted by Crippen LogP contribution is -2.28. The summed E-state index contributed by atoms with van der Waals surface area (Å²) in [6, 6.07) is 4.25. The summed E-state index contributed by atoms with van der Waals surface area (Å²) in [6.45, 7) is 5.08. The minimum Gasteiger partial charge on any atom is -0.327 e. The molecule has 0 fully saturated rings. The number of rotatable bonds is 6. The van der Waals surface area contributed by atoms with Crippen LogP contribution in [0.15, 0.2) is 24.5 Å². The fourth-order valence-electron chi connectivity index (χ4n) is 2.22. The van der Waals surface area contributed by atoms with E-state index in [-0.39, 0.29) is 11.9 Å². The maximum Gasteiger partial charge on any atom is 0.138 e. The summed E-state index contributed by atoms with van der Waals surface area (Å²) in [6.07, 6.45) is 2.74. The topological polar surface area (TPSA) is 56.7 Å². The van der Waals surface area contributed by atoms with Gasteiger partial charge in [-0.15, -0.1) is 0 Å². The smallest absolute Gasteiger partial charge is 0.138 e. The van der Waals surface area contributed by atoms with Gasteiger partial charge in [0.2, 0.25) is 0 Å². The highest BCUT2D eigenvalue weighted by atomic mass is 35.5. The van der Waals surface area contributed by atoms with Crippen LogP contribution in [0.4, 0.5) is 4.39 Å². The van der Waals surface area contributed by atoms with Crippen LogP contribution in [0, 0.1) is 11.7 Å². The van der Waals surface area contributed by atoms with Crippen LogP contribution >= 0.6 is 11.6 Å². The summed E-state index contributed by atoms with van der Waals surface area (Å²) in [7, 11) is 0. The molecule has 0 bridgehead atoms. The van der Waals surface area contributed by atoms with E-state index in [0.717, 1.165) is 17.9 Å². The number of benzene rings is 1. The van der Waals surface area contributed by atoms with E-state index in [2.05, 4.69) is 23.9 Å². The van der Waals surface area contributed by atoms with E-state index >= 15 is 0 Å². The van der Waals surface area contributed by atoms with Gasteiger partial charge in [-0.1, -0.05) is 31.5 Å². The van der Waals surface area contributed by atoms with Gasteiger partial charge in [0.15, 0.2) is 0 Å². The molecule has 1 unspecified atom stereocenters. The Morgan fingerprint density at radius 3 is 2.76 bits per heavy atom. The second-order valence-electron chi connectivity index (χ2n) is 5.66. The summed E-state index contributed by atoms with van der Waals surface area (Å²) < 4.78 is 14.9. The van der Waals surface area contributed by atoms with Crippen LogP contribution in [0.1, 0.15) is 25.2 Å². The summed E-state index contributed by atoms with van der Waals surface area (Å²) in [5.74, 6) is 1.02. The first-order chi connectivity index (χ1) is 9.95. The van der Waals surface area contributed by atoms with Crippen molar-refractivity contribution >= 4 is 11.6 Å². The van der Waals surface area contributed by atoms with E-state index in [1.54, 1.807) is 12.4 Å². The molecule has 2 N–H and O–H groups in total. The second-order valence-corrected chi connectivity index (χ2v) is 6.06. The lowest BCUT2D eigenvalue weighted by atomic mass is 10.0. The van der Waals surface area contributed by atoms with Crippen LogP contribution in [0.5, 0.6) is 0 Å². The molecule has 1 aromatic carbocycles. The van der Waals surface area contributed by atoms with Gasteiger partial charge in [0, 0.05) is 24.0 Å². The van der Waals surface area contributed by atoms with Crippen LogP contribution < -0.4 is 5.73 Å². The van der Waals surface area contributed by atoms with Crippen molar-refractivity contribution in [2.45, 2.75) is 39.3 Å². The van der Waals surface area contributed by atoms with Gasteiger partial charge in [-0.2, -0.15) is 5.10 Å². The zero-order valence-corrected chi connectivity index (χ0v) is 13.0. The molecule has 0 saturated heterocycles. The molecule has 114 valence electrons. The van der Waals surface area contributed by atoms with Crippen molar-refractivity contribution in [2.24, 2.45) is 11.7 Å². The van der Waals surface area contributed by atoms with E-state index < -0.39 is 0 Å². The molecule has 0 aliphatic rings. The van der Waals surface area contributed by atoms with Crippen molar-refractivity contribution in [3.05, 3.63) is 46.8 Å². The van der Waals surface area contributed by atoms with Gasteiger partial charge in [0.25, 0.3) is 0 Å². The minimum atomic E-state index is -0.339. The van der Waals surface area contributed by atoms with Crippen LogP contribution in [0.2, 0.25) is 5.02 Å². The third-order valence-electron chi connectivity index (χ3n) is 3.18. The summed E-state index contributed by atoms with van der Waals surface area (Å²) in [5, 5.41) is 4.63. The predicted molar refractivity (Wildman–Crippen MR) is 81.7 cm³/mol. The molecule has 0 aliphatic heterocycles. The fraction of sp³-hybridized carbons (Fsp3) is 0.467. The van der Waals surface area contributed by atoms with Crippen molar-refractivity contribution in [3.63, 3.8) is 0 Å². The molecule has 2 rings (SSSR count). The molecule has 0 spiro atoms. The van der Waals surface area contributed by atoms with Crippen LogP contribution in [-0.2, 0) is 19.4 Å². The molecule has 4 nitrogen and oxygen atoms in total. The van der Waals surface area contributed by atoms with E-state index in [9.17, 15) is 4.39 Å². The average molecular weight is 311 g/mol. The van der Waals surface area contributed by atoms with Gasteiger partial charge < -0.3 is 5.73 Å². The molecule has 0 amide bonds. The van der Waals surface area contributed by atoms with Gasteiger partial charge in [0.05, 0.1) is 0 Å².